The molecular weight excluding hydrogens is 234 g/mol. The molecule has 0 aliphatic carbocycles. The lowest BCUT2D eigenvalue weighted by molar-refractivity contribution is 0.303. The van der Waals surface area contributed by atoms with Crippen LogP contribution in [0, 0.1) is 0 Å². The first-order valence-corrected chi connectivity index (χ1v) is 7.14. The Labute approximate surface area is 115 Å². The van der Waals surface area contributed by atoms with E-state index in [0.717, 1.165) is 26.2 Å². The van der Waals surface area contributed by atoms with Gasteiger partial charge < -0.3 is 10.2 Å². The zero-order valence-corrected chi connectivity index (χ0v) is 11.9. The van der Waals surface area contributed by atoms with Crippen LogP contribution in [0.3, 0.4) is 0 Å². The van der Waals surface area contributed by atoms with E-state index in [0.29, 0.717) is 0 Å². The first-order chi connectivity index (χ1) is 9.35. The molecule has 0 saturated heterocycles. The van der Waals surface area contributed by atoms with Crippen molar-refractivity contribution >= 4 is 16.5 Å². The summed E-state index contributed by atoms with van der Waals surface area (Å²) in [5.41, 5.74) is 1.21. The molecule has 2 aromatic rings. The molecule has 3 heteroatoms. The van der Waals surface area contributed by atoms with Crippen molar-refractivity contribution < 1.29 is 0 Å². The smallest absolute Gasteiger partial charge is 0.0420 e. The molecule has 102 valence electrons. The highest BCUT2D eigenvalue weighted by atomic mass is 15.1. The van der Waals surface area contributed by atoms with Crippen LogP contribution >= 0.6 is 0 Å². The largest absolute Gasteiger partial charge is 0.384 e. The number of hydrogen-bond donors (Lipinski definition) is 1. The van der Waals surface area contributed by atoms with E-state index in [9.17, 15) is 0 Å². The Bertz CT molecular complexity index is 501. The third-order valence-corrected chi connectivity index (χ3v) is 3.54. The molecule has 0 unspecified atom stereocenters. The summed E-state index contributed by atoms with van der Waals surface area (Å²) < 4.78 is 0. The molecule has 1 heterocycles. The van der Waals surface area contributed by atoms with Crippen molar-refractivity contribution in [2.45, 2.75) is 20.3 Å². The second-order valence-corrected chi connectivity index (χ2v) is 4.71. The Morgan fingerprint density at radius 3 is 2.79 bits per heavy atom. The molecule has 0 aliphatic heterocycles. The zero-order chi connectivity index (χ0) is 13.5. The minimum absolute atomic E-state index is 1.01. The summed E-state index contributed by atoms with van der Waals surface area (Å²) in [5, 5.41) is 5.98. The summed E-state index contributed by atoms with van der Waals surface area (Å²) in [6, 6.07) is 8.39. The maximum Gasteiger partial charge on any atom is 0.0420 e. The maximum absolute atomic E-state index is 4.16. The third kappa shape index (κ3) is 3.67. The van der Waals surface area contributed by atoms with E-state index in [1.165, 1.54) is 22.9 Å². The number of pyridine rings is 1. The fourth-order valence-corrected chi connectivity index (χ4v) is 2.34. The predicted molar refractivity (Wildman–Crippen MR) is 82.6 cm³/mol. The van der Waals surface area contributed by atoms with Crippen LogP contribution in [0.25, 0.3) is 10.8 Å². The summed E-state index contributed by atoms with van der Waals surface area (Å²) in [7, 11) is 0. The number of nitrogens with zero attached hydrogens (tertiary/aromatic N) is 2. The number of rotatable bonds is 7. The Hall–Kier alpha value is -1.61. The van der Waals surface area contributed by atoms with Gasteiger partial charge in [0.05, 0.1) is 0 Å². The molecule has 1 N–H and O–H groups in total. The fourth-order valence-electron chi connectivity index (χ4n) is 2.34. The predicted octanol–water partition coefficient (Wildman–Crippen LogP) is 3.38. The average Bonchev–Trinajstić information content (AvgIpc) is 2.47. The highest BCUT2D eigenvalue weighted by Crippen LogP contribution is 2.21. The Kier molecular flexibility index (Phi) is 5.16. The van der Waals surface area contributed by atoms with Crippen LogP contribution in [0.2, 0.25) is 0 Å². The van der Waals surface area contributed by atoms with Gasteiger partial charge in [-0.15, -0.1) is 0 Å². The van der Waals surface area contributed by atoms with Gasteiger partial charge in [0.1, 0.15) is 0 Å². The normalized spacial score (nSPS) is 11.1. The van der Waals surface area contributed by atoms with Gasteiger partial charge in [-0.05, 0) is 38.2 Å². The van der Waals surface area contributed by atoms with Gasteiger partial charge in [-0.25, -0.2) is 0 Å². The number of benzene rings is 1. The molecule has 1 aromatic carbocycles. The monoisotopic (exact) mass is 257 g/mol. The minimum Gasteiger partial charge on any atom is -0.384 e. The summed E-state index contributed by atoms with van der Waals surface area (Å²) in [6.45, 7) is 8.88. The van der Waals surface area contributed by atoms with Gasteiger partial charge in [-0.1, -0.05) is 26.0 Å². The van der Waals surface area contributed by atoms with E-state index in [2.05, 4.69) is 53.3 Å². The molecule has 0 aliphatic rings. The van der Waals surface area contributed by atoms with E-state index in [-0.39, 0.29) is 0 Å². The lowest BCUT2D eigenvalue weighted by Crippen LogP contribution is -2.25. The molecule has 0 radical (unpaired) electrons. The van der Waals surface area contributed by atoms with Crippen LogP contribution in [0.1, 0.15) is 20.3 Å². The fraction of sp³-hybridized carbons (Fsp3) is 0.438. The molecule has 2 rings (SSSR count). The summed E-state index contributed by atoms with van der Waals surface area (Å²) in [4.78, 5) is 6.61. The molecule has 0 amide bonds. The maximum atomic E-state index is 4.16. The van der Waals surface area contributed by atoms with Crippen LogP contribution < -0.4 is 5.32 Å². The Balaban J connectivity index is 1.91. The van der Waals surface area contributed by atoms with Crippen LogP contribution in [-0.4, -0.2) is 36.1 Å². The van der Waals surface area contributed by atoms with Gasteiger partial charge in [-0.2, -0.15) is 0 Å². The highest BCUT2D eigenvalue weighted by Gasteiger charge is 2.01. The summed E-state index contributed by atoms with van der Waals surface area (Å²) in [5.74, 6) is 0. The van der Waals surface area contributed by atoms with E-state index < -0.39 is 0 Å². The Morgan fingerprint density at radius 2 is 2.00 bits per heavy atom. The molecular formula is C16H23N3. The Morgan fingerprint density at radius 1 is 1.16 bits per heavy atom. The van der Waals surface area contributed by atoms with E-state index >= 15 is 0 Å². The van der Waals surface area contributed by atoms with Gasteiger partial charge in [0.2, 0.25) is 0 Å². The second-order valence-electron chi connectivity index (χ2n) is 4.71. The molecule has 0 spiro atoms. The number of anilines is 1. The highest BCUT2D eigenvalue weighted by molar-refractivity contribution is 5.93. The van der Waals surface area contributed by atoms with Crippen molar-refractivity contribution in [1.82, 2.24) is 9.88 Å². The van der Waals surface area contributed by atoms with Crippen molar-refractivity contribution in [2.24, 2.45) is 0 Å². The first-order valence-electron chi connectivity index (χ1n) is 7.14. The van der Waals surface area contributed by atoms with Crippen molar-refractivity contribution in [2.75, 3.05) is 31.5 Å². The second kappa shape index (κ2) is 7.10. The third-order valence-electron chi connectivity index (χ3n) is 3.54. The molecule has 1 aromatic heterocycles. The molecule has 3 nitrogen and oxygen atoms in total. The van der Waals surface area contributed by atoms with E-state index in [1.807, 2.05) is 12.4 Å². The van der Waals surface area contributed by atoms with Crippen molar-refractivity contribution in [1.29, 1.82) is 0 Å². The minimum atomic E-state index is 1.01. The number of fused-ring (bicyclic) bond motifs is 1. The molecule has 0 atom stereocenters. The molecule has 0 bridgehead atoms. The SMILES string of the molecule is CCN(CC)CCCNc1cccc2cnccc12. The van der Waals surface area contributed by atoms with Gasteiger partial charge in [-0.3, -0.25) is 4.98 Å². The van der Waals surface area contributed by atoms with Gasteiger partial charge >= 0.3 is 0 Å². The molecule has 0 fully saturated rings. The summed E-state index contributed by atoms with van der Waals surface area (Å²) in [6.07, 6.45) is 4.93. The van der Waals surface area contributed by atoms with Crippen LogP contribution in [0.5, 0.6) is 0 Å². The quantitative estimate of drug-likeness (QED) is 0.771. The topological polar surface area (TPSA) is 28.2 Å². The van der Waals surface area contributed by atoms with Crippen molar-refractivity contribution in [3.8, 4) is 0 Å². The lowest BCUT2D eigenvalue weighted by Gasteiger charge is -2.18. The number of nitrogens with one attached hydrogen (secondary N) is 1. The first kappa shape index (κ1) is 13.8. The van der Waals surface area contributed by atoms with Crippen molar-refractivity contribution in [3.05, 3.63) is 36.7 Å². The van der Waals surface area contributed by atoms with Gasteiger partial charge in [0, 0.05) is 35.4 Å². The van der Waals surface area contributed by atoms with Crippen LogP contribution in [0.15, 0.2) is 36.7 Å². The average molecular weight is 257 g/mol. The standard InChI is InChI=1S/C16H23N3/c1-3-19(4-2)12-6-10-18-16-8-5-7-14-13-17-11-9-15(14)16/h5,7-9,11,13,18H,3-4,6,10,12H2,1-2H3. The zero-order valence-electron chi connectivity index (χ0n) is 11.9. The van der Waals surface area contributed by atoms with Crippen LogP contribution in [-0.2, 0) is 0 Å². The summed E-state index contributed by atoms with van der Waals surface area (Å²) >= 11 is 0. The number of hydrogen-bond acceptors (Lipinski definition) is 3. The molecule has 0 saturated carbocycles. The van der Waals surface area contributed by atoms with Gasteiger partial charge in [0.25, 0.3) is 0 Å². The van der Waals surface area contributed by atoms with E-state index in [4.69, 9.17) is 0 Å². The molecule has 19 heavy (non-hydrogen) atoms. The van der Waals surface area contributed by atoms with E-state index in [1.54, 1.807) is 0 Å². The lowest BCUT2D eigenvalue weighted by atomic mass is 10.1. The number of aromatic nitrogens is 1. The van der Waals surface area contributed by atoms with Gasteiger partial charge in [0.15, 0.2) is 0 Å². The van der Waals surface area contributed by atoms with Crippen LogP contribution in [0.4, 0.5) is 5.69 Å². The van der Waals surface area contributed by atoms with Crippen molar-refractivity contribution in [3.63, 3.8) is 0 Å².